The SMILES string of the molecule is COCC1=CC(c2cc(COC)c(OC)c(COC)c2)=CC(COC)C1O. The van der Waals surface area contributed by atoms with Crippen LogP contribution in [0.1, 0.15) is 16.7 Å². The van der Waals surface area contributed by atoms with E-state index >= 15 is 0 Å². The zero-order valence-corrected chi connectivity index (χ0v) is 16.8. The van der Waals surface area contributed by atoms with Gasteiger partial charge in [-0.1, -0.05) is 12.2 Å². The number of methoxy groups -OCH3 is 5. The number of allylic oxidation sites excluding steroid dienone is 2. The van der Waals surface area contributed by atoms with Crippen molar-refractivity contribution in [3.8, 4) is 5.75 Å². The second-order valence-corrected chi connectivity index (χ2v) is 6.53. The summed E-state index contributed by atoms with van der Waals surface area (Å²) in [6.07, 6.45) is 3.40. The highest BCUT2D eigenvalue weighted by Crippen LogP contribution is 2.34. The zero-order chi connectivity index (χ0) is 19.8. The molecule has 2 rings (SSSR count). The van der Waals surface area contributed by atoms with Crippen molar-refractivity contribution in [3.63, 3.8) is 0 Å². The van der Waals surface area contributed by atoms with Crippen LogP contribution < -0.4 is 4.74 Å². The summed E-state index contributed by atoms with van der Waals surface area (Å²) in [5, 5.41) is 10.6. The van der Waals surface area contributed by atoms with Gasteiger partial charge >= 0.3 is 0 Å². The van der Waals surface area contributed by atoms with Crippen LogP contribution in [-0.4, -0.2) is 60.0 Å². The van der Waals surface area contributed by atoms with Gasteiger partial charge in [0.15, 0.2) is 0 Å². The van der Waals surface area contributed by atoms with Crippen molar-refractivity contribution in [2.75, 3.05) is 48.8 Å². The number of hydrogen-bond acceptors (Lipinski definition) is 6. The van der Waals surface area contributed by atoms with Crippen molar-refractivity contribution in [2.24, 2.45) is 5.92 Å². The fourth-order valence-corrected chi connectivity index (χ4v) is 3.44. The van der Waals surface area contributed by atoms with E-state index in [-0.39, 0.29) is 5.92 Å². The van der Waals surface area contributed by atoms with Crippen molar-refractivity contribution in [2.45, 2.75) is 19.3 Å². The summed E-state index contributed by atoms with van der Waals surface area (Å²) < 4.78 is 26.8. The number of aliphatic hydroxyl groups excluding tert-OH is 1. The fourth-order valence-electron chi connectivity index (χ4n) is 3.44. The van der Waals surface area contributed by atoms with Gasteiger partial charge in [-0.25, -0.2) is 0 Å². The second-order valence-electron chi connectivity index (χ2n) is 6.53. The molecule has 1 aromatic carbocycles. The Morgan fingerprint density at radius 1 is 0.852 bits per heavy atom. The van der Waals surface area contributed by atoms with Crippen molar-refractivity contribution < 1.29 is 28.8 Å². The van der Waals surface area contributed by atoms with E-state index in [0.717, 1.165) is 33.6 Å². The quantitative estimate of drug-likeness (QED) is 0.675. The highest BCUT2D eigenvalue weighted by atomic mass is 16.5. The zero-order valence-electron chi connectivity index (χ0n) is 16.8. The Labute approximate surface area is 161 Å². The lowest BCUT2D eigenvalue weighted by atomic mass is 9.85. The minimum Gasteiger partial charge on any atom is -0.496 e. The van der Waals surface area contributed by atoms with Crippen LogP contribution in [-0.2, 0) is 32.2 Å². The van der Waals surface area contributed by atoms with Gasteiger partial charge in [-0.05, 0) is 28.8 Å². The first-order valence-corrected chi connectivity index (χ1v) is 8.85. The lowest BCUT2D eigenvalue weighted by Gasteiger charge is -2.27. The normalized spacial score (nSPS) is 19.6. The molecule has 0 bridgehead atoms. The molecule has 27 heavy (non-hydrogen) atoms. The monoisotopic (exact) mass is 378 g/mol. The maximum atomic E-state index is 10.6. The third-order valence-electron chi connectivity index (χ3n) is 4.57. The molecule has 0 aliphatic heterocycles. The van der Waals surface area contributed by atoms with E-state index in [0.29, 0.717) is 26.4 Å². The van der Waals surface area contributed by atoms with Gasteiger partial charge in [-0.15, -0.1) is 0 Å². The van der Waals surface area contributed by atoms with Gasteiger partial charge in [-0.3, -0.25) is 0 Å². The maximum absolute atomic E-state index is 10.6. The fraction of sp³-hybridized carbons (Fsp3) is 0.524. The lowest BCUT2D eigenvalue weighted by Crippen LogP contribution is -2.29. The number of ether oxygens (including phenoxy) is 5. The van der Waals surface area contributed by atoms with Gasteiger partial charge in [-0.2, -0.15) is 0 Å². The summed E-state index contributed by atoms with van der Waals surface area (Å²) in [4.78, 5) is 0. The Morgan fingerprint density at radius 3 is 1.93 bits per heavy atom. The van der Waals surface area contributed by atoms with Gasteiger partial charge in [0.05, 0.1) is 39.6 Å². The molecule has 1 aromatic rings. The first-order valence-electron chi connectivity index (χ1n) is 8.85. The minimum atomic E-state index is -0.621. The van der Waals surface area contributed by atoms with Crippen molar-refractivity contribution in [1.29, 1.82) is 0 Å². The molecule has 0 amide bonds. The molecule has 2 unspecified atom stereocenters. The van der Waals surface area contributed by atoms with E-state index in [2.05, 4.69) is 12.1 Å². The average molecular weight is 378 g/mol. The van der Waals surface area contributed by atoms with Crippen LogP contribution >= 0.6 is 0 Å². The highest BCUT2D eigenvalue weighted by molar-refractivity contribution is 5.78. The van der Waals surface area contributed by atoms with Crippen molar-refractivity contribution in [3.05, 3.63) is 46.5 Å². The third-order valence-corrected chi connectivity index (χ3v) is 4.57. The van der Waals surface area contributed by atoms with Gasteiger partial charge in [0, 0.05) is 45.5 Å². The van der Waals surface area contributed by atoms with Crippen LogP contribution in [0, 0.1) is 5.92 Å². The van der Waals surface area contributed by atoms with Gasteiger partial charge in [0.2, 0.25) is 0 Å². The predicted molar refractivity (Wildman–Crippen MR) is 104 cm³/mol. The van der Waals surface area contributed by atoms with E-state index in [9.17, 15) is 5.11 Å². The number of benzene rings is 1. The summed E-state index contributed by atoms with van der Waals surface area (Å²) in [7, 11) is 8.22. The van der Waals surface area contributed by atoms with Crippen LogP contribution in [0.3, 0.4) is 0 Å². The minimum absolute atomic E-state index is 0.140. The summed E-state index contributed by atoms with van der Waals surface area (Å²) >= 11 is 0. The van der Waals surface area contributed by atoms with Crippen molar-refractivity contribution >= 4 is 5.57 Å². The molecule has 6 heteroatoms. The molecule has 1 aliphatic rings. The molecule has 0 saturated heterocycles. The molecule has 150 valence electrons. The smallest absolute Gasteiger partial charge is 0.129 e. The number of rotatable bonds is 10. The van der Waals surface area contributed by atoms with Crippen LogP contribution in [0.5, 0.6) is 5.75 Å². The number of aliphatic hydroxyl groups is 1. The Morgan fingerprint density at radius 2 is 1.44 bits per heavy atom. The molecule has 0 radical (unpaired) electrons. The first-order chi connectivity index (χ1) is 13.1. The Hall–Kier alpha value is -1.70. The Balaban J connectivity index is 2.54. The van der Waals surface area contributed by atoms with Gasteiger partial charge in [0.25, 0.3) is 0 Å². The molecule has 0 aromatic heterocycles. The highest BCUT2D eigenvalue weighted by Gasteiger charge is 2.26. The molecule has 2 atom stereocenters. The largest absolute Gasteiger partial charge is 0.496 e. The van der Waals surface area contributed by atoms with E-state index in [1.54, 1.807) is 35.5 Å². The molecule has 0 saturated carbocycles. The Bertz CT molecular complexity index is 652. The van der Waals surface area contributed by atoms with Crippen molar-refractivity contribution in [1.82, 2.24) is 0 Å². The average Bonchev–Trinajstić information content (AvgIpc) is 2.65. The molecule has 0 fully saturated rings. The van der Waals surface area contributed by atoms with E-state index < -0.39 is 6.10 Å². The molecular weight excluding hydrogens is 348 g/mol. The maximum Gasteiger partial charge on any atom is 0.129 e. The molecule has 1 aliphatic carbocycles. The molecule has 6 nitrogen and oxygen atoms in total. The van der Waals surface area contributed by atoms with E-state index in [1.165, 1.54) is 0 Å². The Kier molecular flexibility index (Phi) is 8.47. The van der Waals surface area contributed by atoms with Gasteiger partial charge in [0.1, 0.15) is 5.75 Å². The summed E-state index contributed by atoms with van der Waals surface area (Å²) in [6, 6.07) is 4.10. The van der Waals surface area contributed by atoms with E-state index in [4.69, 9.17) is 23.7 Å². The van der Waals surface area contributed by atoms with Crippen LogP contribution in [0.4, 0.5) is 0 Å². The molecular formula is C21H30O6. The molecule has 1 N–H and O–H groups in total. The van der Waals surface area contributed by atoms with Crippen LogP contribution in [0.25, 0.3) is 5.57 Å². The van der Waals surface area contributed by atoms with Crippen LogP contribution in [0.2, 0.25) is 0 Å². The summed E-state index contributed by atoms with van der Waals surface area (Å²) in [5.74, 6) is 0.632. The lowest BCUT2D eigenvalue weighted by molar-refractivity contribution is 0.0792. The predicted octanol–water partition coefficient (Wildman–Crippen LogP) is 2.58. The summed E-state index contributed by atoms with van der Waals surface area (Å²) in [5.41, 5.74) is 4.74. The number of hydrogen-bond donors (Lipinski definition) is 1. The first kappa shape index (κ1) is 21.6. The third kappa shape index (κ3) is 5.18. The summed E-state index contributed by atoms with van der Waals surface area (Å²) in [6.45, 7) is 1.65. The molecule has 0 heterocycles. The second kappa shape index (κ2) is 10.6. The standard InChI is InChI=1S/C21H30O6/c1-23-10-16-6-14(7-17(11-24-2)20(16)22)15-8-18(12-25-3)21(27-5)19(9-15)13-26-4/h6-9,16,20,22H,10-13H2,1-5H3. The van der Waals surface area contributed by atoms with Gasteiger partial charge < -0.3 is 28.8 Å². The topological polar surface area (TPSA) is 66.4 Å². The van der Waals surface area contributed by atoms with Crippen LogP contribution in [0.15, 0.2) is 29.9 Å². The molecule has 0 spiro atoms. The van der Waals surface area contributed by atoms with E-state index in [1.807, 2.05) is 12.2 Å².